The fourth-order valence-electron chi connectivity index (χ4n) is 3.84. The minimum Gasteiger partial charge on any atom is -0.481 e. The van der Waals surface area contributed by atoms with Gasteiger partial charge in [0.15, 0.2) is 0 Å². The zero-order valence-corrected chi connectivity index (χ0v) is 12.9. The van der Waals surface area contributed by atoms with Crippen LogP contribution in [0.15, 0.2) is 0 Å². The van der Waals surface area contributed by atoms with E-state index >= 15 is 0 Å². The molecule has 1 heterocycles. The highest BCUT2D eigenvalue weighted by molar-refractivity contribution is 5.91. The number of carbonyl (C=O) groups excluding carboxylic acids is 1. The lowest BCUT2D eigenvalue weighted by molar-refractivity contribution is -0.142. The number of nitrogens with zero attached hydrogens (tertiary/aromatic N) is 1. The fourth-order valence-corrected chi connectivity index (χ4v) is 3.84. The first-order valence-corrected chi connectivity index (χ1v) is 7.91. The Labute approximate surface area is 121 Å². The molecule has 2 fully saturated rings. The van der Waals surface area contributed by atoms with Gasteiger partial charge in [-0.3, -0.25) is 9.59 Å². The number of carboxylic acid groups (broad SMARTS) is 1. The molecule has 0 aromatic carbocycles. The van der Waals surface area contributed by atoms with Crippen LogP contribution in [0.1, 0.15) is 52.9 Å². The molecule has 2 rings (SSSR count). The van der Waals surface area contributed by atoms with E-state index in [-0.39, 0.29) is 17.2 Å². The van der Waals surface area contributed by atoms with Gasteiger partial charge in [0.1, 0.15) is 0 Å². The monoisotopic (exact) mass is 281 g/mol. The lowest BCUT2D eigenvalue weighted by Crippen LogP contribution is -2.34. The lowest BCUT2D eigenvalue weighted by atomic mass is 9.96. The van der Waals surface area contributed by atoms with Crippen molar-refractivity contribution in [2.75, 3.05) is 13.1 Å². The highest BCUT2D eigenvalue weighted by atomic mass is 16.4. The van der Waals surface area contributed by atoms with E-state index in [1.807, 2.05) is 18.7 Å². The van der Waals surface area contributed by atoms with Crippen LogP contribution in [-0.4, -0.2) is 35.0 Å². The normalized spacial score (nSPS) is 32.5. The summed E-state index contributed by atoms with van der Waals surface area (Å²) in [6, 6.07) is 0. The number of hydrogen-bond donors (Lipinski definition) is 1. The molecule has 1 N–H and O–H groups in total. The first kappa shape index (κ1) is 15.3. The van der Waals surface area contributed by atoms with E-state index in [0.29, 0.717) is 0 Å². The van der Waals surface area contributed by atoms with Crippen molar-refractivity contribution in [3.63, 3.8) is 0 Å². The predicted molar refractivity (Wildman–Crippen MR) is 77.2 cm³/mol. The van der Waals surface area contributed by atoms with Crippen molar-refractivity contribution in [3.8, 4) is 0 Å². The van der Waals surface area contributed by atoms with E-state index in [4.69, 9.17) is 0 Å². The molecule has 4 nitrogen and oxygen atoms in total. The second-order valence-electron chi connectivity index (χ2n) is 7.03. The van der Waals surface area contributed by atoms with Gasteiger partial charge in [-0.1, -0.05) is 33.6 Å². The molecule has 3 unspecified atom stereocenters. The summed E-state index contributed by atoms with van der Waals surface area (Å²) >= 11 is 0. The van der Waals surface area contributed by atoms with Crippen molar-refractivity contribution < 1.29 is 14.7 Å². The Morgan fingerprint density at radius 3 is 2.45 bits per heavy atom. The highest BCUT2D eigenvalue weighted by Crippen LogP contribution is 2.59. The summed E-state index contributed by atoms with van der Waals surface area (Å²) in [5.41, 5.74) is -0.377. The minimum atomic E-state index is -0.827. The Hall–Kier alpha value is -1.06. The lowest BCUT2D eigenvalue weighted by Gasteiger charge is -2.21. The van der Waals surface area contributed by atoms with Crippen LogP contribution < -0.4 is 0 Å². The predicted octanol–water partition coefficient (Wildman–Crippen LogP) is 2.77. The Balaban J connectivity index is 1.95. The summed E-state index contributed by atoms with van der Waals surface area (Å²) < 4.78 is 0. The number of carbonyl (C=O) groups is 2. The molecule has 1 aliphatic carbocycles. The second kappa shape index (κ2) is 5.74. The van der Waals surface area contributed by atoms with Crippen LogP contribution in [0.3, 0.4) is 0 Å². The molecule has 1 saturated carbocycles. The molecule has 3 atom stereocenters. The first-order valence-electron chi connectivity index (χ1n) is 7.91. The Morgan fingerprint density at radius 2 is 1.90 bits per heavy atom. The van der Waals surface area contributed by atoms with Crippen LogP contribution in [-0.2, 0) is 9.59 Å². The Kier molecular flexibility index (Phi) is 4.40. The van der Waals surface area contributed by atoms with Crippen molar-refractivity contribution in [2.45, 2.75) is 52.9 Å². The third-order valence-corrected chi connectivity index (χ3v) is 5.22. The molecule has 0 aromatic heterocycles. The van der Waals surface area contributed by atoms with Crippen molar-refractivity contribution in [1.82, 2.24) is 4.90 Å². The zero-order chi connectivity index (χ0) is 14.9. The van der Waals surface area contributed by atoms with Crippen molar-refractivity contribution >= 4 is 11.9 Å². The highest BCUT2D eigenvalue weighted by Gasteiger charge is 2.66. The number of hydrogen-bond acceptors (Lipinski definition) is 2. The average Bonchev–Trinajstić information content (AvgIpc) is 3.01. The number of likely N-dealkylation sites (tertiary alicyclic amines) is 1. The van der Waals surface area contributed by atoms with Gasteiger partial charge in [-0.2, -0.15) is 0 Å². The molecular weight excluding hydrogens is 254 g/mol. The van der Waals surface area contributed by atoms with Crippen LogP contribution in [0.5, 0.6) is 0 Å². The largest absolute Gasteiger partial charge is 0.481 e. The summed E-state index contributed by atoms with van der Waals surface area (Å²) in [5.74, 6) is -0.834. The van der Waals surface area contributed by atoms with E-state index in [0.717, 1.165) is 31.8 Å². The number of carboxylic acids is 1. The van der Waals surface area contributed by atoms with Crippen molar-refractivity contribution in [1.29, 1.82) is 0 Å². The molecule has 4 heteroatoms. The summed E-state index contributed by atoms with van der Waals surface area (Å²) in [7, 11) is 0. The third-order valence-electron chi connectivity index (χ3n) is 5.22. The minimum absolute atomic E-state index is 0.0690. The SMILES string of the molecule is CCCC1CCCN(C(=O)C2C(C(=O)O)C2(C)C)CC1. The van der Waals surface area contributed by atoms with Gasteiger partial charge in [0, 0.05) is 13.1 Å². The summed E-state index contributed by atoms with van der Waals surface area (Å²) in [5, 5.41) is 9.20. The maximum atomic E-state index is 12.6. The Morgan fingerprint density at radius 1 is 1.20 bits per heavy atom. The van der Waals surface area contributed by atoms with Crippen molar-refractivity contribution in [3.05, 3.63) is 0 Å². The summed E-state index contributed by atoms with van der Waals surface area (Å²) in [6.07, 6.45) is 5.78. The van der Waals surface area contributed by atoms with Crippen molar-refractivity contribution in [2.24, 2.45) is 23.2 Å². The number of aliphatic carboxylic acids is 1. The van der Waals surface area contributed by atoms with Crippen LogP contribution in [0, 0.1) is 23.2 Å². The van der Waals surface area contributed by atoms with E-state index in [1.165, 1.54) is 19.3 Å². The summed E-state index contributed by atoms with van der Waals surface area (Å²) in [6.45, 7) is 7.61. The molecule has 114 valence electrons. The maximum Gasteiger partial charge on any atom is 0.307 e. The van der Waals surface area contributed by atoms with Crippen LogP contribution in [0.2, 0.25) is 0 Å². The molecule has 1 aliphatic heterocycles. The van der Waals surface area contributed by atoms with Gasteiger partial charge in [-0.25, -0.2) is 0 Å². The van der Waals surface area contributed by atoms with E-state index in [1.54, 1.807) is 0 Å². The Bertz CT molecular complexity index is 391. The van der Waals surface area contributed by atoms with E-state index in [2.05, 4.69) is 6.92 Å². The molecular formula is C16H27NO3. The smallest absolute Gasteiger partial charge is 0.307 e. The fraction of sp³-hybridized carbons (Fsp3) is 0.875. The van der Waals surface area contributed by atoms with E-state index in [9.17, 15) is 14.7 Å². The topological polar surface area (TPSA) is 57.6 Å². The van der Waals surface area contributed by atoms with Crippen LogP contribution >= 0.6 is 0 Å². The van der Waals surface area contributed by atoms with Gasteiger partial charge in [-0.05, 0) is 30.6 Å². The van der Waals surface area contributed by atoms with Gasteiger partial charge in [0.2, 0.25) is 5.91 Å². The molecule has 0 radical (unpaired) electrons. The molecule has 20 heavy (non-hydrogen) atoms. The van der Waals surface area contributed by atoms with Gasteiger partial charge < -0.3 is 10.0 Å². The van der Waals surface area contributed by atoms with Crippen LogP contribution in [0.4, 0.5) is 0 Å². The van der Waals surface area contributed by atoms with Gasteiger partial charge >= 0.3 is 5.97 Å². The molecule has 2 aliphatic rings. The third kappa shape index (κ3) is 2.84. The van der Waals surface area contributed by atoms with Gasteiger partial charge in [-0.15, -0.1) is 0 Å². The molecule has 0 bridgehead atoms. The standard InChI is InChI=1S/C16H27NO3/c1-4-6-11-7-5-9-17(10-8-11)14(18)12-13(15(19)20)16(12,2)3/h11-13H,4-10H2,1-3H3,(H,19,20). The van der Waals surface area contributed by atoms with E-state index < -0.39 is 11.9 Å². The molecule has 1 amide bonds. The van der Waals surface area contributed by atoms with Gasteiger partial charge in [0.05, 0.1) is 11.8 Å². The van der Waals surface area contributed by atoms with Gasteiger partial charge in [0.25, 0.3) is 0 Å². The first-order chi connectivity index (χ1) is 9.39. The molecule has 0 spiro atoms. The summed E-state index contributed by atoms with van der Waals surface area (Å²) in [4.78, 5) is 25.7. The quantitative estimate of drug-likeness (QED) is 0.862. The van der Waals surface area contributed by atoms with Crippen LogP contribution in [0.25, 0.3) is 0 Å². The molecule has 0 aromatic rings. The maximum absolute atomic E-state index is 12.6. The molecule has 1 saturated heterocycles. The second-order valence-corrected chi connectivity index (χ2v) is 7.03. The number of amides is 1. The zero-order valence-electron chi connectivity index (χ0n) is 12.9. The average molecular weight is 281 g/mol. The number of rotatable bonds is 4.